The van der Waals surface area contributed by atoms with Gasteiger partial charge in [0.2, 0.25) is 0 Å². The number of morpholine rings is 1. The van der Waals surface area contributed by atoms with E-state index in [0.29, 0.717) is 43.4 Å². The molecule has 32 heavy (non-hydrogen) atoms. The van der Waals surface area contributed by atoms with Crippen LogP contribution in [0.2, 0.25) is 0 Å². The van der Waals surface area contributed by atoms with Crippen molar-refractivity contribution in [1.29, 1.82) is 0 Å². The van der Waals surface area contributed by atoms with Gasteiger partial charge in [-0.05, 0) is 25.1 Å². The first kappa shape index (κ1) is 23.6. The molecule has 1 fully saturated rings. The highest BCUT2D eigenvalue weighted by Crippen LogP contribution is 2.35. The summed E-state index contributed by atoms with van der Waals surface area (Å²) in [4.78, 5) is 26.7. The van der Waals surface area contributed by atoms with Gasteiger partial charge in [0, 0.05) is 19.0 Å². The molecule has 174 valence electrons. The fraction of sp³-hybridized carbons (Fsp3) is 0.476. The lowest BCUT2D eigenvalue weighted by molar-refractivity contribution is -0.137. The van der Waals surface area contributed by atoms with Crippen molar-refractivity contribution in [3.63, 3.8) is 0 Å². The lowest BCUT2D eigenvalue weighted by Crippen LogP contribution is -2.37. The number of aromatic nitrogens is 1. The Balaban J connectivity index is 1.74. The number of alkyl halides is 3. The van der Waals surface area contributed by atoms with Gasteiger partial charge < -0.3 is 24.2 Å². The maximum atomic E-state index is 13.2. The summed E-state index contributed by atoms with van der Waals surface area (Å²) >= 11 is 0. The number of hydrogen-bond donors (Lipinski definition) is 1. The topological polar surface area (TPSA) is 93.9 Å². The van der Waals surface area contributed by atoms with Crippen molar-refractivity contribution in [2.24, 2.45) is 0 Å². The molecule has 0 radical (unpaired) electrons. The average molecular weight is 455 g/mol. The molecule has 8 nitrogen and oxygen atoms in total. The minimum atomic E-state index is -4.57. The second-order valence-electron chi connectivity index (χ2n) is 7.62. The Labute approximate surface area is 182 Å². The standard InChI is InChI=1S/C21H24F3N3O5/c1-12(2)19-18(13(3)26-32-19)20(29)31-11-17(28)25-15-10-14(21(22,23)24)4-5-16(15)27-6-8-30-9-7-27/h4-5,10,12H,6-9,11H2,1-3H3,(H,25,28). The van der Waals surface area contributed by atoms with Crippen LogP contribution in [0.15, 0.2) is 22.7 Å². The summed E-state index contributed by atoms with van der Waals surface area (Å²) in [6.45, 7) is 6.28. The summed E-state index contributed by atoms with van der Waals surface area (Å²) in [5, 5.41) is 6.19. The van der Waals surface area contributed by atoms with Crippen LogP contribution < -0.4 is 10.2 Å². The van der Waals surface area contributed by atoms with E-state index in [1.54, 1.807) is 6.92 Å². The quantitative estimate of drug-likeness (QED) is 0.663. The van der Waals surface area contributed by atoms with Gasteiger partial charge in [-0.3, -0.25) is 4.79 Å². The molecule has 1 aliphatic rings. The van der Waals surface area contributed by atoms with Crippen LogP contribution in [0.4, 0.5) is 24.5 Å². The molecule has 3 rings (SSSR count). The summed E-state index contributed by atoms with van der Waals surface area (Å²) in [6.07, 6.45) is -4.57. The maximum Gasteiger partial charge on any atom is 0.416 e. The van der Waals surface area contributed by atoms with Crippen LogP contribution in [0, 0.1) is 6.92 Å². The summed E-state index contributed by atoms with van der Waals surface area (Å²) in [5.41, 5.74) is -0.0271. The number of esters is 1. The van der Waals surface area contributed by atoms with Gasteiger partial charge in [0.25, 0.3) is 5.91 Å². The molecule has 0 bridgehead atoms. The molecule has 0 atom stereocenters. The van der Waals surface area contributed by atoms with Gasteiger partial charge in [-0.15, -0.1) is 0 Å². The second kappa shape index (κ2) is 9.60. The summed E-state index contributed by atoms with van der Waals surface area (Å²) in [5.74, 6) is -1.36. The molecule has 1 aromatic carbocycles. The molecule has 1 N–H and O–H groups in total. The Morgan fingerprint density at radius 3 is 2.56 bits per heavy atom. The number of halogens is 3. The Morgan fingerprint density at radius 2 is 1.94 bits per heavy atom. The van der Waals surface area contributed by atoms with E-state index in [-0.39, 0.29) is 17.2 Å². The van der Waals surface area contributed by atoms with Gasteiger partial charge in [-0.25, -0.2) is 4.79 Å². The number of hydrogen-bond acceptors (Lipinski definition) is 7. The number of anilines is 2. The number of aryl methyl sites for hydroxylation is 1. The smallest absolute Gasteiger partial charge is 0.416 e. The molecule has 0 spiro atoms. The van der Waals surface area contributed by atoms with Crippen LogP contribution in [0.25, 0.3) is 0 Å². The normalized spacial score (nSPS) is 14.5. The Kier molecular flexibility index (Phi) is 7.07. The number of nitrogens with one attached hydrogen (secondary N) is 1. The van der Waals surface area contributed by atoms with Gasteiger partial charge in [0.15, 0.2) is 12.4 Å². The van der Waals surface area contributed by atoms with Crippen LogP contribution >= 0.6 is 0 Å². The van der Waals surface area contributed by atoms with E-state index in [1.807, 2.05) is 18.7 Å². The summed E-state index contributed by atoms with van der Waals surface area (Å²) < 4.78 is 55.1. The predicted molar refractivity (Wildman–Crippen MR) is 109 cm³/mol. The number of carbonyl (C=O) groups is 2. The molecule has 0 aliphatic carbocycles. The number of amides is 1. The molecule has 2 heterocycles. The molecular formula is C21H24F3N3O5. The van der Waals surface area contributed by atoms with Crippen molar-refractivity contribution in [2.45, 2.75) is 32.9 Å². The monoisotopic (exact) mass is 455 g/mol. The van der Waals surface area contributed by atoms with Crippen molar-refractivity contribution >= 4 is 23.3 Å². The van der Waals surface area contributed by atoms with Gasteiger partial charge >= 0.3 is 12.1 Å². The van der Waals surface area contributed by atoms with E-state index < -0.39 is 30.2 Å². The van der Waals surface area contributed by atoms with Gasteiger partial charge in [-0.2, -0.15) is 13.2 Å². The molecule has 1 saturated heterocycles. The zero-order valence-electron chi connectivity index (χ0n) is 17.9. The third kappa shape index (κ3) is 5.39. The lowest BCUT2D eigenvalue weighted by atomic mass is 10.1. The van der Waals surface area contributed by atoms with Crippen LogP contribution in [0.1, 0.15) is 47.1 Å². The molecule has 11 heteroatoms. The molecular weight excluding hydrogens is 431 g/mol. The van der Waals surface area contributed by atoms with Crippen LogP contribution in [-0.4, -0.2) is 49.9 Å². The van der Waals surface area contributed by atoms with Crippen molar-refractivity contribution in [2.75, 3.05) is 43.1 Å². The fourth-order valence-corrected chi connectivity index (χ4v) is 3.31. The largest absolute Gasteiger partial charge is 0.452 e. The molecule has 1 amide bonds. The Morgan fingerprint density at radius 1 is 1.25 bits per heavy atom. The molecule has 1 aromatic heterocycles. The number of carbonyl (C=O) groups excluding carboxylic acids is 2. The third-order valence-corrected chi connectivity index (χ3v) is 4.90. The lowest BCUT2D eigenvalue weighted by Gasteiger charge is -2.31. The number of ether oxygens (including phenoxy) is 2. The van der Waals surface area contributed by atoms with E-state index in [0.717, 1.165) is 12.1 Å². The molecule has 0 unspecified atom stereocenters. The average Bonchev–Trinajstić information content (AvgIpc) is 3.14. The first-order valence-electron chi connectivity index (χ1n) is 10.0. The maximum absolute atomic E-state index is 13.2. The highest BCUT2D eigenvalue weighted by atomic mass is 19.4. The minimum Gasteiger partial charge on any atom is -0.452 e. The van der Waals surface area contributed by atoms with E-state index in [2.05, 4.69) is 10.5 Å². The van der Waals surface area contributed by atoms with Crippen LogP contribution in [-0.2, 0) is 20.4 Å². The zero-order valence-corrected chi connectivity index (χ0v) is 17.9. The highest BCUT2D eigenvalue weighted by Gasteiger charge is 2.32. The van der Waals surface area contributed by atoms with Crippen LogP contribution in [0.5, 0.6) is 0 Å². The Bertz CT molecular complexity index is 982. The zero-order chi connectivity index (χ0) is 23.5. The van der Waals surface area contributed by atoms with E-state index in [4.69, 9.17) is 14.0 Å². The third-order valence-electron chi connectivity index (χ3n) is 4.90. The van der Waals surface area contributed by atoms with Crippen molar-refractivity contribution in [3.05, 3.63) is 40.8 Å². The molecule has 1 aliphatic heterocycles. The first-order valence-corrected chi connectivity index (χ1v) is 10.0. The fourth-order valence-electron chi connectivity index (χ4n) is 3.31. The first-order chi connectivity index (χ1) is 15.1. The van der Waals surface area contributed by atoms with Crippen LogP contribution in [0.3, 0.4) is 0 Å². The van der Waals surface area contributed by atoms with Crippen molar-refractivity contribution in [3.8, 4) is 0 Å². The summed E-state index contributed by atoms with van der Waals surface area (Å²) in [6, 6.07) is 3.14. The van der Waals surface area contributed by atoms with E-state index in [9.17, 15) is 22.8 Å². The molecule has 0 saturated carbocycles. The van der Waals surface area contributed by atoms with Gasteiger partial charge in [0.1, 0.15) is 5.56 Å². The van der Waals surface area contributed by atoms with Gasteiger partial charge in [0.05, 0.1) is 35.8 Å². The van der Waals surface area contributed by atoms with E-state index in [1.165, 1.54) is 6.07 Å². The number of nitrogens with zero attached hydrogens (tertiary/aromatic N) is 2. The number of benzene rings is 1. The number of rotatable bonds is 6. The Hall–Kier alpha value is -3.08. The summed E-state index contributed by atoms with van der Waals surface area (Å²) in [7, 11) is 0. The minimum absolute atomic E-state index is 0.0215. The van der Waals surface area contributed by atoms with Gasteiger partial charge in [-0.1, -0.05) is 19.0 Å². The van der Waals surface area contributed by atoms with E-state index >= 15 is 0 Å². The second-order valence-corrected chi connectivity index (χ2v) is 7.62. The predicted octanol–water partition coefficient (Wildman–Crippen LogP) is 3.76. The molecule has 2 aromatic rings. The highest BCUT2D eigenvalue weighted by molar-refractivity contribution is 5.98. The van der Waals surface area contributed by atoms with Crippen molar-refractivity contribution < 1.29 is 36.8 Å². The van der Waals surface area contributed by atoms with Crippen molar-refractivity contribution in [1.82, 2.24) is 5.16 Å². The SMILES string of the molecule is Cc1noc(C(C)C)c1C(=O)OCC(=O)Nc1cc(C(F)(F)F)ccc1N1CCOCC1.